The molecule has 0 aromatic heterocycles. The molecule has 0 saturated carbocycles. The number of benzene rings is 1. The molecule has 18 heavy (non-hydrogen) atoms. The van der Waals surface area contributed by atoms with Crippen LogP contribution in [0.2, 0.25) is 5.02 Å². The van der Waals surface area contributed by atoms with Crippen LogP contribution in [0.5, 0.6) is 5.75 Å². The van der Waals surface area contributed by atoms with Gasteiger partial charge < -0.3 is 15.5 Å². The van der Waals surface area contributed by atoms with Crippen molar-refractivity contribution in [3.63, 3.8) is 0 Å². The fraction of sp³-hybridized carbons (Fsp3) is 0.417. The highest BCUT2D eigenvalue weighted by Crippen LogP contribution is 2.21. The first-order chi connectivity index (χ1) is 8.65. The molecule has 3 N–H and O–H groups in total. The smallest absolute Gasteiger partial charge is 0.255 e. The number of rotatable bonds is 7. The Labute approximate surface area is 115 Å². The third-order valence-electron chi connectivity index (χ3n) is 2.18. The lowest BCUT2D eigenvalue weighted by atomic mass is 10.2. The molecule has 0 fully saturated rings. The number of carbonyl (C=O) groups is 1. The molecule has 0 aliphatic heterocycles. The second-order valence-corrected chi connectivity index (χ2v) is 5.27. The summed E-state index contributed by atoms with van der Waals surface area (Å²) < 4.78 is 0. The molecule has 0 bridgehead atoms. The van der Waals surface area contributed by atoms with Crippen molar-refractivity contribution in [1.29, 1.82) is 0 Å². The summed E-state index contributed by atoms with van der Waals surface area (Å²) in [5.41, 5.74) is 0.222. The summed E-state index contributed by atoms with van der Waals surface area (Å²) in [6.45, 7) is 0.717. The molecule has 6 heteroatoms. The van der Waals surface area contributed by atoms with Crippen LogP contribution in [0, 0.1) is 0 Å². The lowest BCUT2D eigenvalue weighted by Gasteiger charge is -2.06. The Morgan fingerprint density at radius 3 is 2.83 bits per heavy atom. The summed E-state index contributed by atoms with van der Waals surface area (Å²) in [5.74, 6) is 1.22. The fourth-order valence-corrected chi connectivity index (χ4v) is 2.25. The predicted octanol–water partition coefficient (Wildman–Crippen LogP) is 1.89. The van der Waals surface area contributed by atoms with Gasteiger partial charge in [0.1, 0.15) is 5.75 Å². The maximum Gasteiger partial charge on any atom is 0.255 e. The molecule has 1 aromatic carbocycles. The van der Waals surface area contributed by atoms with E-state index in [0.717, 1.165) is 17.9 Å². The number of thioether (sulfide) groups is 1. The van der Waals surface area contributed by atoms with E-state index in [-0.39, 0.29) is 23.8 Å². The number of amides is 1. The normalized spacial score (nSPS) is 10.3. The summed E-state index contributed by atoms with van der Waals surface area (Å²) in [4.78, 5) is 11.7. The van der Waals surface area contributed by atoms with Crippen molar-refractivity contribution in [2.45, 2.75) is 6.42 Å². The van der Waals surface area contributed by atoms with E-state index in [2.05, 4.69) is 5.32 Å². The molecule has 1 amide bonds. The number of aliphatic hydroxyl groups is 1. The third-order valence-corrected chi connectivity index (χ3v) is 3.49. The molecular formula is C12H16ClNO3S. The largest absolute Gasteiger partial charge is 0.507 e. The van der Waals surface area contributed by atoms with Gasteiger partial charge in [-0.1, -0.05) is 11.6 Å². The molecule has 0 unspecified atom stereocenters. The van der Waals surface area contributed by atoms with Gasteiger partial charge in [-0.3, -0.25) is 4.79 Å². The first-order valence-electron chi connectivity index (χ1n) is 5.60. The Kier molecular flexibility index (Phi) is 6.93. The Bertz CT molecular complexity index is 401. The number of nitrogens with one attached hydrogen (secondary N) is 1. The van der Waals surface area contributed by atoms with Crippen molar-refractivity contribution in [2.24, 2.45) is 0 Å². The van der Waals surface area contributed by atoms with E-state index in [1.54, 1.807) is 17.8 Å². The lowest BCUT2D eigenvalue weighted by molar-refractivity contribution is 0.0953. The summed E-state index contributed by atoms with van der Waals surface area (Å²) in [5, 5.41) is 21.3. The summed E-state index contributed by atoms with van der Waals surface area (Å²) in [6.07, 6.45) is 0.761. The van der Waals surface area contributed by atoms with Crippen molar-refractivity contribution >= 4 is 29.3 Å². The van der Waals surface area contributed by atoms with E-state index >= 15 is 0 Å². The molecule has 0 aliphatic carbocycles. The molecule has 0 saturated heterocycles. The zero-order chi connectivity index (χ0) is 13.4. The highest BCUT2D eigenvalue weighted by Gasteiger charge is 2.10. The minimum absolute atomic E-state index is 0.118. The molecular weight excluding hydrogens is 274 g/mol. The predicted molar refractivity (Wildman–Crippen MR) is 74.5 cm³/mol. The van der Waals surface area contributed by atoms with E-state index < -0.39 is 0 Å². The van der Waals surface area contributed by atoms with Gasteiger partial charge in [0.05, 0.1) is 5.56 Å². The third kappa shape index (κ3) is 5.16. The zero-order valence-corrected chi connectivity index (χ0v) is 11.4. The average Bonchev–Trinajstić information content (AvgIpc) is 2.33. The van der Waals surface area contributed by atoms with Gasteiger partial charge in [0.15, 0.2) is 0 Å². The minimum Gasteiger partial charge on any atom is -0.507 e. The van der Waals surface area contributed by atoms with E-state index in [9.17, 15) is 9.90 Å². The van der Waals surface area contributed by atoms with Gasteiger partial charge in [0.2, 0.25) is 0 Å². The number of hydrogen-bond donors (Lipinski definition) is 3. The van der Waals surface area contributed by atoms with Crippen LogP contribution in [0.15, 0.2) is 18.2 Å². The molecule has 100 valence electrons. The Hall–Kier alpha value is -0.910. The summed E-state index contributed by atoms with van der Waals surface area (Å²) in [6, 6.07) is 4.39. The molecule has 0 atom stereocenters. The number of phenolic OH excluding ortho intramolecular Hbond substituents is 1. The monoisotopic (exact) mass is 289 g/mol. The van der Waals surface area contributed by atoms with Crippen LogP contribution in [-0.2, 0) is 0 Å². The van der Waals surface area contributed by atoms with E-state index in [1.807, 2.05) is 0 Å². The van der Waals surface area contributed by atoms with E-state index in [0.29, 0.717) is 11.6 Å². The second-order valence-electron chi connectivity index (χ2n) is 3.61. The van der Waals surface area contributed by atoms with Crippen LogP contribution in [-0.4, -0.2) is 40.8 Å². The molecule has 0 aliphatic rings. The van der Waals surface area contributed by atoms with E-state index in [4.69, 9.17) is 16.7 Å². The van der Waals surface area contributed by atoms with Gasteiger partial charge in [-0.2, -0.15) is 11.8 Å². The van der Waals surface area contributed by atoms with Crippen molar-refractivity contribution in [3.8, 4) is 5.75 Å². The second kappa shape index (κ2) is 8.24. The van der Waals surface area contributed by atoms with Crippen molar-refractivity contribution in [1.82, 2.24) is 5.32 Å². The zero-order valence-electron chi connectivity index (χ0n) is 9.86. The minimum atomic E-state index is -0.313. The number of aliphatic hydroxyl groups excluding tert-OH is 1. The molecule has 0 spiro atoms. The fourth-order valence-electron chi connectivity index (χ4n) is 1.30. The van der Waals surface area contributed by atoms with E-state index in [1.165, 1.54) is 12.1 Å². The highest BCUT2D eigenvalue weighted by molar-refractivity contribution is 7.99. The molecule has 1 aromatic rings. The Morgan fingerprint density at radius 1 is 1.39 bits per heavy atom. The number of hydrogen-bond acceptors (Lipinski definition) is 4. The van der Waals surface area contributed by atoms with Crippen LogP contribution in [0.4, 0.5) is 0 Å². The first kappa shape index (κ1) is 15.1. The van der Waals surface area contributed by atoms with Crippen LogP contribution < -0.4 is 5.32 Å². The number of carbonyl (C=O) groups excluding carboxylic acids is 1. The molecule has 0 radical (unpaired) electrons. The van der Waals surface area contributed by atoms with Crippen molar-refractivity contribution < 1.29 is 15.0 Å². The Balaban J connectivity index is 2.32. The van der Waals surface area contributed by atoms with Gasteiger partial charge in [-0.25, -0.2) is 0 Å². The van der Waals surface area contributed by atoms with Crippen LogP contribution in [0.25, 0.3) is 0 Å². The van der Waals surface area contributed by atoms with Gasteiger partial charge in [0.25, 0.3) is 5.91 Å². The van der Waals surface area contributed by atoms with Gasteiger partial charge in [-0.15, -0.1) is 0 Å². The van der Waals surface area contributed by atoms with Gasteiger partial charge in [0, 0.05) is 23.9 Å². The lowest BCUT2D eigenvalue weighted by Crippen LogP contribution is -2.25. The maximum atomic E-state index is 11.7. The molecule has 1 rings (SSSR count). The molecule has 0 heterocycles. The number of aromatic hydroxyl groups is 1. The SMILES string of the molecule is O=C(NCCSCCCO)c1ccc(Cl)cc1O. The van der Waals surface area contributed by atoms with Crippen LogP contribution in [0.1, 0.15) is 16.8 Å². The van der Waals surface area contributed by atoms with Crippen molar-refractivity contribution in [2.75, 3.05) is 24.7 Å². The maximum absolute atomic E-state index is 11.7. The van der Waals surface area contributed by atoms with Gasteiger partial charge >= 0.3 is 0 Å². The van der Waals surface area contributed by atoms with Gasteiger partial charge in [-0.05, 0) is 30.4 Å². The van der Waals surface area contributed by atoms with Crippen LogP contribution in [0.3, 0.4) is 0 Å². The standard InChI is InChI=1S/C12H16ClNO3S/c13-9-2-3-10(11(16)8-9)12(17)14-4-7-18-6-1-5-15/h2-3,8,15-16H,1,4-7H2,(H,14,17). The Morgan fingerprint density at radius 2 is 2.17 bits per heavy atom. The van der Waals surface area contributed by atoms with Crippen LogP contribution >= 0.6 is 23.4 Å². The summed E-state index contributed by atoms with van der Waals surface area (Å²) >= 11 is 7.34. The van der Waals surface area contributed by atoms with Crippen molar-refractivity contribution in [3.05, 3.63) is 28.8 Å². The highest BCUT2D eigenvalue weighted by atomic mass is 35.5. The molecule has 4 nitrogen and oxygen atoms in total. The quantitative estimate of drug-likeness (QED) is 0.671. The average molecular weight is 290 g/mol. The number of halogens is 1. The first-order valence-corrected chi connectivity index (χ1v) is 7.13. The number of phenols is 1. The summed E-state index contributed by atoms with van der Waals surface area (Å²) in [7, 11) is 0. The topological polar surface area (TPSA) is 69.6 Å².